The summed E-state index contributed by atoms with van der Waals surface area (Å²) >= 11 is 0. The van der Waals surface area contributed by atoms with Gasteiger partial charge in [0.15, 0.2) is 0 Å². The first-order valence-electron chi connectivity index (χ1n) is 6.11. The molecule has 18 heavy (non-hydrogen) atoms. The smallest absolute Gasteiger partial charge is 0.255 e. The lowest BCUT2D eigenvalue weighted by Gasteiger charge is -2.20. The number of hydrogen-bond donors (Lipinski definition) is 4. The molecule has 0 radical (unpaired) electrons. The maximum atomic E-state index is 12.0. The van der Waals surface area contributed by atoms with E-state index < -0.39 is 0 Å². The minimum absolute atomic E-state index is 0.0562. The van der Waals surface area contributed by atoms with Crippen LogP contribution in [-0.4, -0.2) is 35.3 Å². The van der Waals surface area contributed by atoms with Gasteiger partial charge in [0.2, 0.25) is 0 Å². The van der Waals surface area contributed by atoms with E-state index in [0.717, 1.165) is 25.6 Å². The molecule has 2 atom stereocenters. The molecule has 5 nitrogen and oxygen atoms in total. The Morgan fingerprint density at radius 3 is 2.89 bits per heavy atom. The minimum atomic E-state index is -0.313. The van der Waals surface area contributed by atoms with Crippen molar-refractivity contribution in [3.63, 3.8) is 0 Å². The Morgan fingerprint density at radius 2 is 2.28 bits per heavy atom. The molecular weight excluding hydrogens is 232 g/mol. The summed E-state index contributed by atoms with van der Waals surface area (Å²) in [5, 5.41) is 24.9. The molecule has 2 rings (SSSR count). The van der Waals surface area contributed by atoms with Gasteiger partial charge in [0.25, 0.3) is 5.91 Å². The van der Waals surface area contributed by atoms with Gasteiger partial charge in [0, 0.05) is 12.1 Å². The zero-order valence-electron chi connectivity index (χ0n) is 10.3. The molecule has 0 saturated carbocycles. The van der Waals surface area contributed by atoms with Crippen LogP contribution in [0, 0.1) is 5.92 Å². The van der Waals surface area contributed by atoms with Gasteiger partial charge in [-0.3, -0.25) is 4.79 Å². The van der Waals surface area contributed by atoms with Gasteiger partial charge in [-0.1, -0.05) is 0 Å². The molecule has 5 heteroatoms. The molecule has 1 aromatic rings. The van der Waals surface area contributed by atoms with Crippen LogP contribution < -0.4 is 10.6 Å². The number of aromatic hydroxyl groups is 2. The van der Waals surface area contributed by atoms with Gasteiger partial charge < -0.3 is 20.8 Å². The lowest BCUT2D eigenvalue weighted by Crippen LogP contribution is -2.38. The van der Waals surface area contributed by atoms with Crippen LogP contribution in [0.1, 0.15) is 23.7 Å². The van der Waals surface area contributed by atoms with E-state index in [0.29, 0.717) is 5.92 Å². The molecule has 1 aromatic carbocycles. The number of amides is 1. The fraction of sp³-hybridized carbons (Fsp3) is 0.462. The van der Waals surface area contributed by atoms with Gasteiger partial charge in [0.05, 0.1) is 5.56 Å². The summed E-state index contributed by atoms with van der Waals surface area (Å²) in [6.45, 7) is 3.85. The van der Waals surface area contributed by atoms with Gasteiger partial charge in [-0.05, 0) is 44.5 Å². The van der Waals surface area contributed by atoms with Crippen molar-refractivity contribution in [1.82, 2.24) is 10.6 Å². The van der Waals surface area contributed by atoms with E-state index in [2.05, 4.69) is 10.6 Å². The summed E-state index contributed by atoms with van der Waals surface area (Å²) in [4.78, 5) is 12.0. The lowest BCUT2D eigenvalue weighted by molar-refractivity contribution is 0.0926. The van der Waals surface area contributed by atoms with Gasteiger partial charge in [-0.25, -0.2) is 0 Å². The average molecular weight is 250 g/mol. The Kier molecular flexibility index (Phi) is 3.72. The second kappa shape index (κ2) is 5.27. The zero-order chi connectivity index (χ0) is 13.1. The molecule has 0 spiro atoms. The number of rotatable bonds is 3. The van der Waals surface area contributed by atoms with Crippen molar-refractivity contribution in [2.45, 2.75) is 19.4 Å². The van der Waals surface area contributed by atoms with Gasteiger partial charge in [0.1, 0.15) is 11.5 Å². The SMILES string of the molecule is CC(NC(=O)c1ccc(O)cc1O)C1CCNC1. The van der Waals surface area contributed by atoms with Crippen LogP contribution in [0.25, 0.3) is 0 Å². The maximum Gasteiger partial charge on any atom is 0.255 e. The number of carbonyl (C=O) groups excluding carboxylic acids is 1. The Hall–Kier alpha value is -1.75. The van der Waals surface area contributed by atoms with Gasteiger partial charge >= 0.3 is 0 Å². The summed E-state index contributed by atoms with van der Waals surface area (Å²) in [7, 11) is 0. The van der Waals surface area contributed by atoms with Crippen LogP contribution in [0.2, 0.25) is 0 Å². The van der Waals surface area contributed by atoms with Crippen LogP contribution in [0.15, 0.2) is 18.2 Å². The predicted octanol–water partition coefficient (Wildman–Crippen LogP) is 0.826. The standard InChI is InChI=1S/C13H18N2O3/c1-8(9-4-5-14-7-9)15-13(18)11-3-2-10(16)6-12(11)17/h2-3,6,8-9,14,16-17H,4-5,7H2,1H3,(H,15,18). The molecule has 0 aromatic heterocycles. The molecule has 2 unspecified atom stereocenters. The van der Waals surface area contributed by atoms with E-state index in [1.54, 1.807) is 0 Å². The highest BCUT2D eigenvalue weighted by atomic mass is 16.3. The molecule has 1 heterocycles. The lowest BCUT2D eigenvalue weighted by atomic mass is 10.00. The first-order valence-corrected chi connectivity index (χ1v) is 6.11. The second-order valence-corrected chi connectivity index (χ2v) is 4.72. The molecule has 0 aliphatic carbocycles. The summed E-state index contributed by atoms with van der Waals surface area (Å²) in [6, 6.07) is 4.02. The number of benzene rings is 1. The first kappa shape index (κ1) is 12.7. The Labute approximate surface area is 106 Å². The van der Waals surface area contributed by atoms with Crippen molar-refractivity contribution in [2.75, 3.05) is 13.1 Å². The fourth-order valence-corrected chi connectivity index (χ4v) is 2.22. The third kappa shape index (κ3) is 2.73. The van der Waals surface area contributed by atoms with Crippen molar-refractivity contribution < 1.29 is 15.0 Å². The van der Waals surface area contributed by atoms with Crippen LogP contribution in [-0.2, 0) is 0 Å². The van der Waals surface area contributed by atoms with E-state index in [1.165, 1.54) is 12.1 Å². The molecular formula is C13H18N2O3. The Balaban J connectivity index is 2.02. The van der Waals surface area contributed by atoms with Crippen molar-refractivity contribution in [1.29, 1.82) is 0 Å². The van der Waals surface area contributed by atoms with Crippen LogP contribution >= 0.6 is 0 Å². The van der Waals surface area contributed by atoms with E-state index in [9.17, 15) is 15.0 Å². The maximum absolute atomic E-state index is 12.0. The highest BCUT2D eigenvalue weighted by Crippen LogP contribution is 2.23. The van der Waals surface area contributed by atoms with Crippen molar-refractivity contribution in [2.24, 2.45) is 5.92 Å². The van der Waals surface area contributed by atoms with Crippen LogP contribution in [0.4, 0.5) is 0 Å². The second-order valence-electron chi connectivity index (χ2n) is 4.72. The van der Waals surface area contributed by atoms with Crippen molar-refractivity contribution in [3.05, 3.63) is 23.8 Å². The highest BCUT2D eigenvalue weighted by molar-refractivity contribution is 5.97. The van der Waals surface area contributed by atoms with E-state index in [-0.39, 0.29) is 29.0 Å². The number of phenolic OH excluding ortho intramolecular Hbond substituents is 2. The number of nitrogens with one attached hydrogen (secondary N) is 2. The number of phenols is 2. The molecule has 1 aliphatic heterocycles. The van der Waals surface area contributed by atoms with E-state index >= 15 is 0 Å². The topological polar surface area (TPSA) is 81.6 Å². The quantitative estimate of drug-likeness (QED) is 0.640. The third-order valence-electron chi connectivity index (χ3n) is 3.39. The molecule has 1 fully saturated rings. The van der Waals surface area contributed by atoms with E-state index in [4.69, 9.17) is 0 Å². The Bertz CT molecular complexity index is 442. The van der Waals surface area contributed by atoms with E-state index in [1.807, 2.05) is 6.92 Å². The van der Waals surface area contributed by atoms with Crippen molar-refractivity contribution >= 4 is 5.91 Å². The minimum Gasteiger partial charge on any atom is -0.508 e. The fourth-order valence-electron chi connectivity index (χ4n) is 2.22. The molecule has 1 amide bonds. The van der Waals surface area contributed by atoms with Crippen LogP contribution in [0.3, 0.4) is 0 Å². The zero-order valence-corrected chi connectivity index (χ0v) is 10.3. The molecule has 98 valence electrons. The first-order chi connectivity index (χ1) is 8.58. The molecule has 4 N–H and O–H groups in total. The highest BCUT2D eigenvalue weighted by Gasteiger charge is 2.23. The predicted molar refractivity (Wildman–Crippen MR) is 67.7 cm³/mol. The van der Waals surface area contributed by atoms with Gasteiger partial charge in [-0.15, -0.1) is 0 Å². The molecule has 1 saturated heterocycles. The summed E-state index contributed by atoms with van der Waals surface area (Å²) in [5.74, 6) is -0.151. The van der Waals surface area contributed by atoms with Gasteiger partial charge in [-0.2, -0.15) is 0 Å². The van der Waals surface area contributed by atoms with Crippen LogP contribution in [0.5, 0.6) is 11.5 Å². The summed E-state index contributed by atoms with van der Waals surface area (Å²) in [5.41, 5.74) is 0.186. The summed E-state index contributed by atoms with van der Waals surface area (Å²) in [6.07, 6.45) is 1.04. The third-order valence-corrected chi connectivity index (χ3v) is 3.39. The van der Waals surface area contributed by atoms with Crippen molar-refractivity contribution in [3.8, 4) is 11.5 Å². The normalized spacial score (nSPS) is 20.6. The molecule has 1 aliphatic rings. The number of carbonyl (C=O) groups is 1. The Morgan fingerprint density at radius 1 is 1.50 bits per heavy atom. The average Bonchev–Trinajstić information content (AvgIpc) is 2.81. The summed E-state index contributed by atoms with van der Waals surface area (Å²) < 4.78 is 0. The molecule has 0 bridgehead atoms. The largest absolute Gasteiger partial charge is 0.508 e. The number of hydrogen-bond acceptors (Lipinski definition) is 4. The monoisotopic (exact) mass is 250 g/mol.